The van der Waals surface area contributed by atoms with Gasteiger partial charge < -0.3 is 14.0 Å². The summed E-state index contributed by atoms with van der Waals surface area (Å²) < 4.78 is 47.2. The standard InChI is InChI=1S/C4H8BF3O3.K/c1-9-5(10-2)11-3-4(6,7)8;/h3H2,1-2H3;. The molecular weight excluding hydrogens is 203 g/mol. The van der Waals surface area contributed by atoms with E-state index in [1.165, 1.54) is 14.2 Å². The molecular formula is C4H8BF3KO3. The second-order valence-electron chi connectivity index (χ2n) is 1.69. The third-order valence-electron chi connectivity index (χ3n) is 0.768. The Morgan fingerprint density at radius 3 is 1.83 bits per heavy atom. The van der Waals surface area contributed by atoms with Crippen molar-refractivity contribution in [3.63, 3.8) is 0 Å². The average molecular weight is 211 g/mol. The van der Waals surface area contributed by atoms with Crippen molar-refractivity contribution >= 4 is 58.7 Å². The molecule has 0 saturated carbocycles. The molecule has 0 rings (SSSR count). The van der Waals surface area contributed by atoms with Gasteiger partial charge in [0, 0.05) is 65.6 Å². The first-order chi connectivity index (χ1) is 4.99. The van der Waals surface area contributed by atoms with Gasteiger partial charge in [-0.15, -0.1) is 0 Å². The predicted molar refractivity (Wildman–Crippen MR) is 37.5 cm³/mol. The van der Waals surface area contributed by atoms with Crippen molar-refractivity contribution in [2.75, 3.05) is 20.8 Å². The number of rotatable bonds is 4. The minimum absolute atomic E-state index is 0. The number of alkyl halides is 3. The van der Waals surface area contributed by atoms with E-state index in [0.29, 0.717) is 0 Å². The van der Waals surface area contributed by atoms with E-state index in [9.17, 15) is 13.2 Å². The summed E-state index contributed by atoms with van der Waals surface area (Å²) >= 11 is 0. The van der Waals surface area contributed by atoms with Gasteiger partial charge in [0.15, 0.2) is 0 Å². The third kappa shape index (κ3) is 9.46. The number of hydrogen-bond donors (Lipinski definition) is 0. The van der Waals surface area contributed by atoms with E-state index in [4.69, 9.17) is 0 Å². The van der Waals surface area contributed by atoms with Gasteiger partial charge in [-0.25, -0.2) is 0 Å². The maximum atomic E-state index is 11.5. The average Bonchev–Trinajstić information content (AvgIpc) is 1.88. The van der Waals surface area contributed by atoms with Crippen LogP contribution in [0.3, 0.4) is 0 Å². The fourth-order valence-corrected chi connectivity index (χ4v) is 0.395. The topological polar surface area (TPSA) is 27.7 Å². The molecule has 0 N–H and O–H groups in total. The first-order valence-corrected chi connectivity index (χ1v) is 2.73. The van der Waals surface area contributed by atoms with Gasteiger partial charge >= 0.3 is 13.5 Å². The molecule has 0 spiro atoms. The van der Waals surface area contributed by atoms with Crippen molar-refractivity contribution in [3.05, 3.63) is 0 Å². The van der Waals surface area contributed by atoms with E-state index in [0.717, 1.165) is 0 Å². The minimum atomic E-state index is -4.35. The van der Waals surface area contributed by atoms with Gasteiger partial charge in [0.1, 0.15) is 6.61 Å². The quantitative estimate of drug-likeness (QED) is 0.632. The van der Waals surface area contributed by atoms with Gasteiger partial charge in [-0.2, -0.15) is 13.2 Å². The molecule has 8 heteroatoms. The van der Waals surface area contributed by atoms with Crippen LogP contribution in [0, 0.1) is 0 Å². The van der Waals surface area contributed by atoms with Gasteiger partial charge in [-0.05, 0) is 0 Å². The Balaban J connectivity index is 0. The van der Waals surface area contributed by atoms with Crippen LogP contribution in [0.1, 0.15) is 0 Å². The number of halogens is 3. The predicted octanol–water partition coefficient (Wildman–Crippen LogP) is 0.462. The van der Waals surface area contributed by atoms with Crippen LogP contribution in [-0.2, 0) is 14.0 Å². The summed E-state index contributed by atoms with van der Waals surface area (Å²) in [5, 5.41) is 0. The smallest absolute Gasteiger partial charge is 0.389 e. The molecule has 0 bridgehead atoms. The van der Waals surface area contributed by atoms with Crippen molar-refractivity contribution < 1.29 is 27.1 Å². The zero-order valence-corrected chi connectivity index (χ0v) is 10.3. The van der Waals surface area contributed by atoms with E-state index in [-0.39, 0.29) is 51.4 Å². The van der Waals surface area contributed by atoms with E-state index in [2.05, 4.69) is 14.0 Å². The molecule has 1 radical (unpaired) electrons. The van der Waals surface area contributed by atoms with Gasteiger partial charge in [0.2, 0.25) is 0 Å². The first kappa shape index (κ1) is 15.8. The summed E-state index contributed by atoms with van der Waals surface area (Å²) in [7, 11) is 1.12. The van der Waals surface area contributed by atoms with Gasteiger partial charge in [0.05, 0.1) is 0 Å². The van der Waals surface area contributed by atoms with Crippen molar-refractivity contribution in [1.82, 2.24) is 0 Å². The van der Waals surface area contributed by atoms with Gasteiger partial charge in [-0.3, -0.25) is 0 Å². The Labute approximate surface area is 112 Å². The Hall–Kier alpha value is 1.37. The Morgan fingerprint density at radius 1 is 1.17 bits per heavy atom. The first-order valence-electron chi connectivity index (χ1n) is 2.73. The third-order valence-corrected chi connectivity index (χ3v) is 0.768. The van der Waals surface area contributed by atoms with Crippen LogP contribution in [0.15, 0.2) is 0 Å². The van der Waals surface area contributed by atoms with E-state index in [1.807, 2.05) is 0 Å². The Kier molecular flexibility index (Phi) is 10.2. The SMILES string of the molecule is COB(OC)OCC(F)(F)F.[K]. The summed E-state index contributed by atoms with van der Waals surface area (Å²) in [6, 6.07) is 0. The maximum Gasteiger partial charge on any atom is 0.639 e. The summed E-state index contributed by atoms with van der Waals surface area (Å²) in [5.74, 6) is 0. The second-order valence-corrected chi connectivity index (χ2v) is 1.69. The molecule has 67 valence electrons. The van der Waals surface area contributed by atoms with Crippen LogP contribution in [-0.4, -0.2) is 85.7 Å². The van der Waals surface area contributed by atoms with E-state index < -0.39 is 20.1 Å². The van der Waals surface area contributed by atoms with Crippen LogP contribution in [0.2, 0.25) is 0 Å². The molecule has 0 aromatic rings. The minimum Gasteiger partial charge on any atom is -0.389 e. The summed E-state index contributed by atoms with van der Waals surface area (Å²) in [4.78, 5) is 0. The zero-order valence-electron chi connectivity index (χ0n) is 7.14. The van der Waals surface area contributed by atoms with Crippen LogP contribution < -0.4 is 0 Å². The maximum absolute atomic E-state index is 11.5. The molecule has 3 nitrogen and oxygen atoms in total. The summed E-state index contributed by atoms with van der Waals surface area (Å²) in [6.45, 7) is -1.38. The molecule has 0 unspecified atom stereocenters. The fourth-order valence-electron chi connectivity index (χ4n) is 0.395. The van der Waals surface area contributed by atoms with Crippen molar-refractivity contribution in [2.45, 2.75) is 6.18 Å². The Morgan fingerprint density at radius 2 is 1.58 bits per heavy atom. The number of hydrogen-bond acceptors (Lipinski definition) is 3. The van der Waals surface area contributed by atoms with Crippen LogP contribution >= 0.6 is 0 Å². The van der Waals surface area contributed by atoms with Crippen molar-refractivity contribution in [1.29, 1.82) is 0 Å². The molecule has 0 aliphatic rings. The monoisotopic (exact) mass is 211 g/mol. The van der Waals surface area contributed by atoms with Crippen molar-refractivity contribution in [3.8, 4) is 0 Å². The summed E-state index contributed by atoms with van der Waals surface area (Å²) in [6.07, 6.45) is -4.35. The molecule has 0 aliphatic carbocycles. The molecule has 12 heavy (non-hydrogen) atoms. The fraction of sp³-hybridized carbons (Fsp3) is 1.00. The van der Waals surface area contributed by atoms with E-state index >= 15 is 0 Å². The Bertz CT molecular complexity index is 108. The molecule has 0 amide bonds. The van der Waals surface area contributed by atoms with Crippen LogP contribution in [0.25, 0.3) is 0 Å². The molecule has 0 atom stereocenters. The van der Waals surface area contributed by atoms with Crippen LogP contribution in [0.5, 0.6) is 0 Å². The zero-order chi connectivity index (χ0) is 8.91. The molecule has 0 saturated heterocycles. The second kappa shape index (κ2) is 7.75. The van der Waals surface area contributed by atoms with Gasteiger partial charge in [0.25, 0.3) is 0 Å². The van der Waals surface area contributed by atoms with Gasteiger partial charge in [-0.1, -0.05) is 0 Å². The molecule has 0 aromatic heterocycles. The molecule has 0 heterocycles. The molecule has 0 fully saturated rings. The van der Waals surface area contributed by atoms with Crippen molar-refractivity contribution in [2.24, 2.45) is 0 Å². The molecule has 0 aliphatic heterocycles. The largest absolute Gasteiger partial charge is 0.639 e. The van der Waals surface area contributed by atoms with Crippen LogP contribution in [0.4, 0.5) is 13.2 Å². The molecule has 0 aromatic carbocycles. The normalized spacial score (nSPS) is 10.8. The summed E-state index contributed by atoms with van der Waals surface area (Å²) in [5.41, 5.74) is 0. The van der Waals surface area contributed by atoms with E-state index in [1.54, 1.807) is 0 Å².